The average molecular weight is 605 g/mol. The van der Waals surface area contributed by atoms with Crippen molar-refractivity contribution in [3.63, 3.8) is 0 Å². The minimum atomic E-state index is -0.594. The van der Waals surface area contributed by atoms with Crippen molar-refractivity contribution >= 4 is 22.6 Å². The highest BCUT2D eigenvalue weighted by atomic mass is 35.5. The van der Waals surface area contributed by atoms with Crippen molar-refractivity contribution in [3.8, 4) is 11.5 Å². The standard InChI is InChI=1S/C30H35N3O6.2ClH/c1-37-26-10-9-21(17-27(26)38-2)19-39-20-23(34)18-32-13-11-31(12-14-32)15-16-33-29(35)24-7-3-5-22-6-4-8-25(28(22)24)30(33)36;;/h3-10,17,23,34H,11-16,18-20H2,1-2H3;2*1H/p-2. The Morgan fingerprint density at radius 1 is 0.805 bits per heavy atom. The van der Waals surface area contributed by atoms with Gasteiger partial charge in [0.25, 0.3) is 11.8 Å². The molecule has 0 aliphatic carbocycles. The molecular formula is C30H35Cl2N3O6-2. The number of aliphatic hydroxyl groups excluding tert-OH is 1. The number of nitrogens with zero attached hydrogens (tertiary/aromatic N) is 3. The number of hydrogen-bond acceptors (Lipinski definition) is 8. The molecule has 222 valence electrons. The Morgan fingerprint density at radius 2 is 1.41 bits per heavy atom. The van der Waals surface area contributed by atoms with Crippen LogP contribution < -0.4 is 34.3 Å². The van der Waals surface area contributed by atoms with Crippen LogP contribution in [0.1, 0.15) is 26.3 Å². The molecule has 5 rings (SSSR count). The number of benzene rings is 3. The molecule has 0 aromatic heterocycles. The summed E-state index contributed by atoms with van der Waals surface area (Å²) in [5, 5.41) is 12.2. The molecule has 1 unspecified atom stereocenters. The third-order valence-electron chi connectivity index (χ3n) is 7.46. The van der Waals surface area contributed by atoms with E-state index in [4.69, 9.17) is 14.2 Å². The second kappa shape index (κ2) is 14.8. The van der Waals surface area contributed by atoms with Gasteiger partial charge in [-0.15, -0.1) is 0 Å². The zero-order valence-electron chi connectivity index (χ0n) is 23.2. The number of β-amino-alcohol motifs (C(OH)–C–C–N with tert-alkyl or cyclic N) is 1. The zero-order chi connectivity index (χ0) is 27.4. The molecule has 41 heavy (non-hydrogen) atoms. The molecular weight excluding hydrogens is 569 g/mol. The molecule has 11 heteroatoms. The number of amides is 2. The minimum absolute atomic E-state index is 0. The van der Waals surface area contributed by atoms with Gasteiger partial charge in [-0.2, -0.15) is 0 Å². The van der Waals surface area contributed by atoms with Gasteiger partial charge in [0, 0.05) is 62.3 Å². The summed E-state index contributed by atoms with van der Waals surface area (Å²) >= 11 is 0. The van der Waals surface area contributed by atoms with E-state index in [1.165, 1.54) is 4.90 Å². The van der Waals surface area contributed by atoms with E-state index in [1.807, 2.05) is 42.5 Å². The Balaban J connectivity index is 0.00000231. The van der Waals surface area contributed by atoms with Crippen LogP contribution in [0.2, 0.25) is 0 Å². The van der Waals surface area contributed by atoms with Crippen LogP contribution in [0, 0.1) is 0 Å². The summed E-state index contributed by atoms with van der Waals surface area (Å²) in [7, 11) is 3.19. The average Bonchev–Trinajstić information content (AvgIpc) is 2.96. The van der Waals surface area contributed by atoms with Crippen molar-refractivity contribution in [2.45, 2.75) is 12.7 Å². The lowest BCUT2D eigenvalue weighted by molar-refractivity contribution is -0.00100. The van der Waals surface area contributed by atoms with Gasteiger partial charge in [-0.25, -0.2) is 0 Å². The van der Waals surface area contributed by atoms with Crippen LogP contribution in [0.15, 0.2) is 54.6 Å². The number of imide groups is 1. The van der Waals surface area contributed by atoms with Crippen molar-refractivity contribution in [2.75, 3.05) is 66.6 Å². The molecule has 3 aromatic carbocycles. The third kappa shape index (κ3) is 7.30. The van der Waals surface area contributed by atoms with Crippen LogP contribution in [-0.2, 0) is 11.3 Å². The van der Waals surface area contributed by atoms with Crippen LogP contribution in [-0.4, -0.2) is 104 Å². The van der Waals surface area contributed by atoms with Crippen molar-refractivity contribution < 1.29 is 53.7 Å². The van der Waals surface area contributed by atoms with Gasteiger partial charge >= 0.3 is 0 Å². The maximum absolute atomic E-state index is 13.1. The summed E-state index contributed by atoms with van der Waals surface area (Å²) in [6, 6.07) is 16.8. The highest BCUT2D eigenvalue weighted by molar-refractivity contribution is 6.25. The van der Waals surface area contributed by atoms with E-state index < -0.39 is 6.10 Å². The lowest BCUT2D eigenvalue weighted by Crippen LogP contribution is -3.00. The molecule has 0 radical (unpaired) electrons. The van der Waals surface area contributed by atoms with Crippen LogP contribution in [0.3, 0.4) is 0 Å². The predicted molar refractivity (Wildman–Crippen MR) is 147 cm³/mol. The number of methoxy groups -OCH3 is 2. The summed E-state index contributed by atoms with van der Waals surface area (Å²) in [4.78, 5) is 32.1. The van der Waals surface area contributed by atoms with E-state index >= 15 is 0 Å². The SMILES string of the molecule is COc1ccc(COCC(O)CN2CCN(CCN3C(=O)c4cccc5cccc(c45)C3=O)CC2)cc1OC.[Cl-].[Cl-]. The van der Waals surface area contributed by atoms with Crippen LogP contribution in [0.25, 0.3) is 10.8 Å². The molecule has 9 nitrogen and oxygen atoms in total. The predicted octanol–water partition coefficient (Wildman–Crippen LogP) is -3.34. The van der Waals surface area contributed by atoms with Gasteiger partial charge in [0.2, 0.25) is 0 Å². The summed E-state index contributed by atoms with van der Waals surface area (Å²) in [5.41, 5.74) is 2.13. The lowest BCUT2D eigenvalue weighted by Gasteiger charge is -2.36. The summed E-state index contributed by atoms with van der Waals surface area (Å²) in [6.45, 7) is 5.34. The van der Waals surface area contributed by atoms with Crippen LogP contribution in [0.4, 0.5) is 0 Å². The van der Waals surface area contributed by atoms with E-state index in [-0.39, 0.29) is 43.2 Å². The van der Waals surface area contributed by atoms with Crippen molar-refractivity contribution in [3.05, 3.63) is 71.3 Å². The number of piperazine rings is 1. The highest BCUT2D eigenvalue weighted by Gasteiger charge is 2.33. The first-order chi connectivity index (χ1) is 19.0. The summed E-state index contributed by atoms with van der Waals surface area (Å²) in [5.74, 6) is 0.865. The van der Waals surface area contributed by atoms with Gasteiger partial charge in [-0.3, -0.25) is 24.3 Å². The topological polar surface area (TPSA) is 91.8 Å². The summed E-state index contributed by atoms with van der Waals surface area (Å²) in [6.07, 6.45) is -0.594. The second-order valence-electron chi connectivity index (χ2n) is 9.97. The van der Waals surface area contributed by atoms with Gasteiger partial charge < -0.3 is 44.1 Å². The molecule has 1 N–H and O–H groups in total. The number of ether oxygens (including phenoxy) is 3. The lowest BCUT2D eigenvalue weighted by atomic mass is 9.94. The first-order valence-corrected chi connectivity index (χ1v) is 13.3. The number of halogens is 2. The Morgan fingerprint density at radius 3 is 2.02 bits per heavy atom. The fraction of sp³-hybridized carbons (Fsp3) is 0.400. The van der Waals surface area contributed by atoms with Gasteiger partial charge in [0.05, 0.1) is 33.5 Å². The molecule has 3 aromatic rings. The van der Waals surface area contributed by atoms with Gasteiger partial charge in [0.1, 0.15) is 0 Å². The monoisotopic (exact) mass is 603 g/mol. The van der Waals surface area contributed by atoms with Gasteiger partial charge in [-0.1, -0.05) is 30.3 Å². The first-order valence-electron chi connectivity index (χ1n) is 13.3. The fourth-order valence-electron chi connectivity index (χ4n) is 5.35. The molecule has 0 spiro atoms. The van der Waals surface area contributed by atoms with E-state index in [1.54, 1.807) is 26.4 Å². The number of hydrogen-bond donors (Lipinski definition) is 1. The minimum Gasteiger partial charge on any atom is -1.00 e. The number of carbonyl (C=O) groups is 2. The molecule has 2 aliphatic rings. The molecule has 1 saturated heterocycles. The number of rotatable bonds is 11. The Hall–Kier alpha value is -2.92. The third-order valence-corrected chi connectivity index (χ3v) is 7.46. The van der Waals surface area contributed by atoms with E-state index in [9.17, 15) is 14.7 Å². The smallest absolute Gasteiger partial charge is 0.261 e. The molecule has 2 aliphatic heterocycles. The largest absolute Gasteiger partial charge is 1.00 e. The molecule has 2 amide bonds. The van der Waals surface area contributed by atoms with Crippen LogP contribution >= 0.6 is 0 Å². The second-order valence-corrected chi connectivity index (χ2v) is 9.97. The molecule has 1 atom stereocenters. The quantitative estimate of drug-likeness (QED) is 0.228. The Labute approximate surface area is 252 Å². The molecule has 1 fully saturated rings. The normalized spacial score (nSPS) is 16.2. The van der Waals surface area contributed by atoms with E-state index in [0.717, 1.165) is 42.5 Å². The van der Waals surface area contributed by atoms with Gasteiger partial charge in [0.15, 0.2) is 11.5 Å². The summed E-state index contributed by atoms with van der Waals surface area (Å²) < 4.78 is 16.3. The van der Waals surface area contributed by atoms with Crippen molar-refractivity contribution in [1.29, 1.82) is 0 Å². The van der Waals surface area contributed by atoms with Gasteiger partial charge in [-0.05, 0) is 35.2 Å². The van der Waals surface area contributed by atoms with E-state index in [0.29, 0.717) is 48.9 Å². The highest BCUT2D eigenvalue weighted by Crippen LogP contribution is 2.30. The Bertz CT molecular complexity index is 1300. The maximum Gasteiger partial charge on any atom is 0.261 e. The van der Waals surface area contributed by atoms with Crippen molar-refractivity contribution in [2.24, 2.45) is 0 Å². The number of aliphatic hydroxyl groups is 1. The zero-order valence-corrected chi connectivity index (χ0v) is 24.7. The molecule has 0 bridgehead atoms. The van der Waals surface area contributed by atoms with Crippen molar-refractivity contribution in [1.82, 2.24) is 14.7 Å². The maximum atomic E-state index is 13.1. The fourth-order valence-corrected chi connectivity index (χ4v) is 5.35. The molecule has 2 heterocycles. The first kappa shape index (κ1) is 32.6. The Kier molecular flexibility index (Phi) is 11.8. The molecule has 0 saturated carbocycles. The van der Waals surface area contributed by atoms with Crippen LogP contribution in [0.5, 0.6) is 11.5 Å². The van der Waals surface area contributed by atoms with E-state index in [2.05, 4.69) is 9.80 Å². The number of carbonyl (C=O) groups excluding carboxylic acids is 2.